The zero-order valence-corrected chi connectivity index (χ0v) is 24.0. The van der Waals surface area contributed by atoms with Crippen molar-refractivity contribution in [3.05, 3.63) is 41.9 Å². The molecule has 0 saturated carbocycles. The highest BCUT2D eigenvalue weighted by molar-refractivity contribution is 8.09. The first-order valence-electron chi connectivity index (χ1n) is 12.6. The zero-order chi connectivity index (χ0) is 25.4. The molecule has 0 saturated heterocycles. The minimum absolute atomic E-state index is 0.0851. The number of ether oxygens (including phenoxy) is 8. The van der Waals surface area contributed by atoms with Gasteiger partial charge in [-0.2, -0.15) is 0 Å². The van der Waals surface area contributed by atoms with Crippen molar-refractivity contribution in [1.82, 2.24) is 0 Å². The van der Waals surface area contributed by atoms with Crippen LogP contribution in [0, 0.1) is 6.92 Å². The number of thioether (sulfide) groups is 2. The zero-order valence-electron chi connectivity index (χ0n) is 20.7. The molecule has 0 amide bonds. The Labute approximate surface area is 235 Å². The van der Waals surface area contributed by atoms with Gasteiger partial charge in [-0.3, -0.25) is 0 Å². The summed E-state index contributed by atoms with van der Waals surface area (Å²) in [4.78, 5) is 4.26. The lowest BCUT2D eigenvalue weighted by molar-refractivity contribution is 0.0703. The van der Waals surface area contributed by atoms with Crippen molar-refractivity contribution in [3.63, 3.8) is 0 Å². The van der Waals surface area contributed by atoms with Gasteiger partial charge in [-0.15, -0.1) is 46.2 Å². The molecule has 38 heavy (non-hydrogen) atoms. The summed E-state index contributed by atoms with van der Waals surface area (Å²) in [5.74, 6) is 6.56. The van der Waals surface area contributed by atoms with Crippen LogP contribution in [0.3, 0.4) is 0 Å². The number of rotatable bonds is 1. The summed E-state index contributed by atoms with van der Waals surface area (Å²) in [7, 11) is 0. The van der Waals surface area contributed by atoms with Gasteiger partial charge in [0.1, 0.15) is 58.1 Å². The van der Waals surface area contributed by atoms with Gasteiger partial charge in [-0.25, -0.2) is 0 Å². The van der Waals surface area contributed by atoms with Crippen molar-refractivity contribution >= 4 is 56.0 Å². The van der Waals surface area contributed by atoms with Gasteiger partial charge in [0, 0.05) is 4.88 Å². The first-order valence-corrected chi connectivity index (χ1v) is 16.0. The van der Waals surface area contributed by atoms with Crippen LogP contribution < -0.4 is 28.0 Å². The van der Waals surface area contributed by atoms with E-state index in [2.05, 4.69) is 13.8 Å². The number of aryl methyl sites for hydroxylation is 1. The van der Waals surface area contributed by atoms with Crippen LogP contribution in [-0.4, -0.2) is 58.1 Å². The maximum Gasteiger partial charge on any atom is 0.181 e. The van der Waals surface area contributed by atoms with Crippen LogP contribution >= 0.6 is 46.2 Å². The van der Waals surface area contributed by atoms with Crippen LogP contribution in [0.5, 0.6) is 23.0 Å². The maximum absolute atomic E-state index is 6.27. The Bertz CT molecular complexity index is 1530. The van der Waals surface area contributed by atoms with Crippen molar-refractivity contribution in [1.29, 1.82) is 0 Å². The number of fused-ring (bicyclic) bond motifs is 2. The molecule has 0 spiro atoms. The van der Waals surface area contributed by atoms with E-state index < -0.39 is 0 Å². The van der Waals surface area contributed by atoms with Crippen LogP contribution in [-0.2, 0) is 18.9 Å². The summed E-state index contributed by atoms with van der Waals surface area (Å²) >= 11 is 6.82. The summed E-state index contributed by atoms with van der Waals surface area (Å²) < 4.78 is 51.1. The molecule has 2 atom stereocenters. The third kappa shape index (κ3) is 3.49. The molecule has 0 radical (unpaired) electrons. The van der Waals surface area contributed by atoms with E-state index in [9.17, 15) is 0 Å². The van der Waals surface area contributed by atoms with Gasteiger partial charge in [0.15, 0.2) is 46.0 Å². The first kappa shape index (κ1) is 23.6. The van der Waals surface area contributed by atoms with Crippen molar-refractivity contribution in [3.8, 4) is 23.0 Å². The van der Waals surface area contributed by atoms with E-state index in [0.29, 0.717) is 52.9 Å². The van der Waals surface area contributed by atoms with Crippen molar-refractivity contribution in [2.45, 2.75) is 24.3 Å². The van der Waals surface area contributed by atoms with Crippen molar-refractivity contribution in [2.24, 2.45) is 0 Å². The Kier molecular flexibility index (Phi) is 5.68. The Morgan fingerprint density at radius 1 is 0.553 bits per heavy atom. The Morgan fingerprint density at radius 3 is 1.79 bits per heavy atom. The average molecular weight is 593 g/mol. The highest BCUT2D eigenvalue weighted by atomic mass is 32.2. The molecule has 0 aliphatic carbocycles. The van der Waals surface area contributed by atoms with Gasteiger partial charge in [0.25, 0.3) is 0 Å². The van der Waals surface area contributed by atoms with E-state index in [-0.39, 0.29) is 10.5 Å². The predicted octanol–water partition coefficient (Wildman–Crippen LogP) is 4.02. The largest absolute Gasteiger partial charge is 0.489 e. The van der Waals surface area contributed by atoms with Gasteiger partial charge < -0.3 is 37.9 Å². The highest BCUT2D eigenvalue weighted by Crippen LogP contribution is 2.60. The normalized spacial score (nSPS) is 28.3. The van der Waals surface area contributed by atoms with Crippen LogP contribution in [0.25, 0.3) is 9.81 Å². The van der Waals surface area contributed by atoms with Crippen LogP contribution in [0.2, 0.25) is 0 Å². The molecule has 8 rings (SSSR count). The summed E-state index contributed by atoms with van der Waals surface area (Å²) in [6, 6.07) is 0. The summed E-state index contributed by atoms with van der Waals surface area (Å²) in [5, 5.41) is 0.0989. The minimum atomic E-state index is -0.0851. The molecular formula is C26H24O8S4. The molecule has 6 aliphatic rings. The van der Waals surface area contributed by atoms with E-state index in [4.69, 9.17) is 37.9 Å². The maximum atomic E-state index is 6.27. The average Bonchev–Trinajstić information content (AvgIpc) is 3.70. The smallest absolute Gasteiger partial charge is 0.181 e. The van der Waals surface area contributed by atoms with Gasteiger partial charge in [0.2, 0.25) is 0 Å². The molecule has 8 heterocycles. The van der Waals surface area contributed by atoms with E-state index in [1.165, 1.54) is 0 Å². The van der Waals surface area contributed by atoms with E-state index in [0.717, 1.165) is 74.7 Å². The Morgan fingerprint density at radius 2 is 1.08 bits per heavy atom. The third-order valence-electron chi connectivity index (χ3n) is 6.81. The van der Waals surface area contributed by atoms with Crippen molar-refractivity contribution in [2.75, 3.05) is 52.9 Å². The van der Waals surface area contributed by atoms with Gasteiger partial charge in [-0.1, -0.05) is 0 Å². The second-order valence-corrected chi connectivity index (χ2v) is 13.9. The fourth-order valence-corrected chi connectivity index (χ4v) is 10.5. The minimum Gasteiger partial charge on any atom is -0.489 e. The fourth-order valence-electron chi connectivity index (χ4n) is 5.25. The van der Waals surface area contributed by atoms with Crippen LogP contribution in [0.1, 0.15) is 21.9 Å². The van der Waals surface area contributed by atoms with Crippen molar-refractivity contribution < 1.29 is 37.9 Å². The topological polar surface area (TPSA) is 73.8 Å². The number of thiophene rings is 2. The number of hydrogen-bond acceptors (Lipinski definition) is 12. The van der Waals surface area contributed by atoms with E-state index in [1.54, 1.807) is 46.2 Å². The molecular weight excluding hydrogens is 569 g/mol. The quantitative estimate of drug-likeness (QED) is 0.485. The predicted molar refractivity (Wildman–Crippen MR) is 147 cm³/mol. The molecule has 8 nitrogen and oxygen atoms in total. The Balaban J connectivity index is 1.33. The monoisotopic (exact) mass is 592 g/mol. The second kappa shape index (κ2) is 9.14. The lowest BCUT2D eigenvalue weighted by Crippen LogP contribution is -2.21. The molecule has 2 aromatic rings. The summed E-state index contributed by atoms with van der Waals surface area (Å²) in [5.41, 5.74) is 0. The van der Waals surface area contributed by atoms with E-state index in [1.807, 2.05) is 0 Å². The summed E-state index contributed by atoms with van der Waals surface area (Å²) in [6.07, 6.45) is 0. The molecule has 0 N–H and O–H groups in total. The lowest BCUT2D eigenvalue weighted by Gasteiger charge is -2.21. The SMILES string of the molecule is Cc1sc(C2SC(=c3s/c(=C4/SC(C)C5=C4OCCO5)c4c3OCCO4)C3=C2OCCO3)c2c1OCCO2. The molecule has 0 bridgehead atoms. The van der Waals surface area contributed by atoms with Gasteiger partial charge >= 0.3 is 0 Å². The molecule has 0 fully saturated rings. The van der Waals surface area contributed by atoms with Crippen LogP contribution in [0.15, 0.2) is 23.0 Å². The van der Waals surface area contributed by atoms with Gasteiger partial charge in [-0.05, 0) is 13.8 Å². The van der Waals surface area contributed by atoms with Gasteiger partial charge in [0.05, 0.1) is 29.0 Å². The fraction of sp³-hybridized carbons (Fsp3) is 0.462. The highest BCUT2D eigenvalue weighted by Gasteiger charge is 2.43. The standard InChI is InChI=1S/C26H24O8S4/c1-11-13-15(29-5-3-27-13)21(35-11)23-17-19(33-9-7-31-17)25(37-23)26-20-18(32-8-10-34-20)24(38-26)22-16-14(12(2)36-22)28-4-6-30-16/h11,24H,3-10H2,1-2H3/b23-21+,26-25?. The Hall–Kier alpha value is -2.28. The second-order valence-electron chi connectivity index (χ2n) is 9.19. The number of hydrogen-bond donors (Lipinski definition) is 0. The van der Waals surface area contributed by atoms with Crippen LogP contribution in [0.4, 0.5) is 0 Å². The van der Waals surface area contributed by atoms with E-state index >= 15 is 0 Å². The molecule has 6 aliphatic heterocycles. The molecule has 2 aromatic heterocycles. The molecule has 12 heteroatoms. The molecule has 2 unspecified atom stereocenters. The molecule has 200 valence electrons. The first-order chi connectivity index (χ1) is 18.7. The third-order valence-corrected chi connectivity index (χ3v) is 12.0. The lowest BCUT2D eigenvalue weighted by atomic mass is 10.2. The molecule has 0 aromatic carbocycles. The summed E-state index contributed by atoms with van der Waals surface area (Å²) in [6.45, 7) is 8.46.